The lowest BCUT2D eigenvalue weighted by Crippen LogP contribution is -2.12. The third-order valence-corrected chi connectivity index (χ3v) is 4.37. The average molecular weight is 373 g/mol. The summed E-state index contributed by atoms with van der Waals surface area (Å²) in [6, 6.07) is 13.4. The van der Waals surface area contributed by atoms with E-state index in [-0.39, 0.29) is 11.6 Å². The van der Waals surface area contributed by atoms with Gasteiger partial charge in [0.25, 0.3) is 5.91 Å². The van der Waals surface area contributed by atoms with E-state index in [9.17, 15) is 4.79 Å². The van der Waals surface area contributed by atoms with E-state index in [1.807, 2.05) is 43.4 Å². The summed E-state index contributed by atoms with van der Waals surface area (Å²) in [5.41, 5.74) is 4.09. The zero-order valence-corrected chi connectivity index (χ0v) is 15.4. The van der Waals surface area contributed by atoms with Crippen molar-refractivity contribution in [3.8, 4) is 11.3 Å². The van der Waals surface area contributed by atoms with Crippen LogP contribution in [0.2, 0.25) is 0 Å². The Kier molecular flexibility index (Phi) is 4.97. The smallest absolute Gasteiger partial charge is 0.277 e. The van der Waals surface area contributed by atoms with Gasteiger partial charge in [-0.25, -0.2) is 0 Å². The molecule has 0 radical (unpaired) electrons. The summed E-state index contributed by atoms with van der Waals surface area (Å²) in [7, 11) is 1.81. The SMILES string of the molecule is Cn1cc(-c2cc(C(=O)Nc3cccc(CCc4ccncc4)c3)no2)cn1. The average Bonchev–Trinajstić information content (AvgIpc) is 3.37. The highest BCUT2D eigenvalue weighted by molar-refractivity contribution is 6.03. The highest BCUT2D eigenvalue weighted by Crippen LogP contribution is 2.20. The largest absolute Gasteiger partial charge is 0.355 e. The minimum atomic E-state index is -0.315. The van der Waals surface area contributed by atoms with Crippen molar-refractivity contribution < 1.29 is 9.32 Å². The van der Waals surface area contributed by atoms with Gasteiger partial charge in [0.2, 0.25) is 0 Å². The molecule has 0 aliphatic carbocycles. The molecule has 3 heterocycles. The first-order valence-electron chi connectivity index (χ1n) is 8.92. The number of pyridine rings is 1. The first-order valence-corrected chi connectivity index (χ1v) is 8.92. The third-order valence-electron chi connectivity index (χ3n) is 4.37. The molecule has 7 heteroatoms. The number of carbonyl (C=O) groups excluding carboxylic acids is 1. The fraction of sp³-hybridized carbons (Fsp3) is 0.143. The van der Waals surface area contributed by atoms with E-state index in [0.29, 0.717) is 5.76 Å². The van der Waals surface area contributed by atoms with Gasteiger partial charge < -0.3 is 9.84 Å². The fourth-order valence-corrected chi connectivity index (χ4v) is 2.90. The van der Waals surface area contributed by atoms with E-state index in [2.05, 4.69) is 20.6 Å². The minimum absolute atomic E-state index is 0.223. The van der Waals surface area contributed by atoms with Gasteiger partial charge in [0.05, 0.1) is 11.8 Å². The molecule has 0 spiro atoms. The van der Waals surface area contributed by atoms with Crippen molar-refractivity contribution in [2.75, 3.05) is 5.32 Å². The lowest BCUT2D eigenvalue weighted by atomic mass is 10.0. The number of aromatic nitrogens is 4. The molecule has 3 aromatic heterocycles. The molecule has 0 aliphatic heterocycles. The molecule has 0 unspecified atom stereocenters. The van der Waals surface area contributed by atoms with E-state index in [4.69, 9.17) is 4.52 Å². The summed E-state index contributed by atoms with van der Waals surface area (Å²) < 4.78 is 6.93. The van der Waals surface area contributed by atoms with Gasteiger partial charge in [0.1, 0.15) is 0 Å². The maximum atomic E-state index is 12.5. The summed E-state index contributed by atoms with van der Waals surface area (Å²) >= 11 is 0. The van der Waals surface area contributed by atoms with E-state index in [0.717, 1.165) is 29.7 Å². The van der Waals surface area contributed by atoms with Crippen molar-refractivity contribution in [2.24, 2.45) is 7.05 Å². The highest BCUT2D eigenvalue weighted by Gasteiger charge is 2.15. The Balaban J connectivity index is 1.41. The molecule has 1 amide bonds. The van der Waals surface area contributed by atoms with Gasteiger partial charge in [0.15, 0.2) is 11.5 Å². The molecule has 1 aromatic carbocycles. The monoisotopic (exact) mass is 373 g/mol. The second-order valence-electron chi connectivity index (χ2n) is 6.49. The number of benzene rings is 1. The molecule has 7 nitrogen and oxygen atoms in total. The van der Waals surface area contributed by atoms with Crippen LogP contribution in [0.5, 0.6) is 0 Å². The predicted molar refractivity (Wildman–Crippen MR) is 105 cm³/mol. The van der Waals surface area contributed by atoms with Crippen molar-refractivity contribution in [3.63, 3.8) is 0 Å². The normalized spacial score (nSPS) is 10.8. The lowest BCUT2D eigenvalue weighted by Gasteiger charge is -2.06. The quantitative estimate of drug-likeness (QED) is 0.559. The molecule has 4 rings (SSSR count). The maximum Gasteiger partial charge on any atom is 0.277 e. The van der Waals surface area contributed by atoms with Crippen LogP contribution in [0.25, 0.3) is 11.3 Å². The van der Waals surface area contributed by atoms with Crippen LogP contribution in [0.1, 0.15) is 21.6 Å². The second kappa shape index (κ2) is 7.87. The number of hydrogen-bond donors (Lipinski definition) is 1. The number of rotatable bonds is 6. The summed E-state index contributed by atoms with van der Waals surface area (Å²) in [6.07, 6.45) is 8.84. The Hall–Kier alpha value is -3.74. The molecule has 0 bridgehead atoms. The van der Waals surface area contributed by atoms with Gasteiger partial charge in [-0.1, -0.05) is 17.3 Å². The minimum Gasteiger partial charge on any atom is -0.355 e. The van der Waals surface area contributed by atoms with Crippen LogP contribution in [0.3, 0.4) is 0 Å². The van der Waals surface area contributed by atoms with Crippen LogP contribution in [0.15, 0.2) is 71.8 Å². The molecule has 0 fully saturated rings. The molecular formula is C21H19N5O2. The fourth-order valence-electron chi connectivity index (χ4n) is 2.90. The Morgan fingerprint density at radius 3 is 2.71 bits per heavy atom. The number of aryl methyl sites for hydroxylation is 3. The van der Waals surface area contributed by atoms with Crippen LogP contribution in [-0.2, 0) is 19.9 Å². The van der Waals surface area contributed by atoms with Gasteiger partial charge in [0, 0.05) is 37.4 Å². The number of hydrogen-bond acceptors (Lipinski definition) is 5. The predicted octanol–water partition coefficient (Wildman–Crippen LogP) is 3.51. The van der Waals surface area contributed by atoms with Gasteiger partial charge in [-0.05, 0) is 48.2 Å². The van der Waals surface area contributed by atoms with Gasteiger partial charge in [-0.15, -0.1) is 0 Å². The maximum absolute atomic E-state index is 12.5. The van der Waals surface area contributed by atoms with Crippen molar-refractivity contribution in [1.29, 1.82) is 0 Å². The van der Waals surface area contributed by atoms with Crippen LogP contribution in [0.4, 0.5) is 5.69 Å². The van der Waals surface area contributed by atoms with Gasteiger partial charge >= 0.3 is 0 Å². The molecule has 0 saturated carbocycles. The second-order valence-corrected chi connectivity index (χ2v) is 6.49. The van der Waals surface area contributed by atoms with Crippen molar-refractivity contribution in [3.05, 3.63) is 84.1 Å². The van der Waals surface area contributed by atoms with Gasteiger partial charge in [-0.2, -0.15) is 5.10 Å². The topological polar surface area (TPSA) is 85.8 Å². The Morgan fingerprint density at radius 1 is 1.11 bits per heavy atom. The summed E-state index contributed by atoms with van der Waals surface area (Å²) in [6.45, 7) is 0. The third kappa shape index (κ3) is 4.15. The standard InChI is InChI=1S/C21H19N5O2/c1-26-14-17(13-23-26)20-12-19(25-28-20)21(27)24-18-4-2-3-16(11-18)6-5-15-7-9-22-10-8-15/h2-4,7-14H,5-6H2,1H3,(H,24,27). The van der Waals surface area contributed by atoms with E-state index < -0.39 is 0 Å². The van der Waals surface area contributed by atoms with E-state index in [1.54, 1.807) is 35.5 Å². The summed E-state index contributed by atoms with van der Waals surface area (Å²) in [4.78, 5) is 16.5. The zero-order valence-electron chi connectivity index (χ0n) is 15.4. The Labute approximate surface area is 162 Å². The Bertz CT molecular complexity index is 1080. The van der Waals surface area contributed by atoms with Crippen molar-refractivity contribution in [1.82, 2.24) is 19.9 Å². The lowest BCUT2D eigenvalue weighted by molar-refractivity contribution is 0.101. The molecule has 28 heavy (non-hydrogen) atoms. The van der Waals surface area contributed by atoms with E-state index >= 15 is 0 Å². The first kappa shape index (κ1) is 17.7. The number of carbonyl (C=O) groups is 1. The molecule has 140 valence electrons. The van der Waals surface area contributed by atoms with E-state index in [1.165, 1.54) is 5.56 Å². The van der Waals surface area contributed by atoms with Crippen LogP contribution in [-0.4, -0.2) is 25.8 Å². The van der Waals surface area contributed by atoms with Gasteiger partial charge in [-0.3, -0.25) is 14.5 Å². The molecule has 4 aromatic rings. The zero-order chi connectivity index (χ0) is 19.3. The van der Waals surface area contributed by atoms with Crippen LogP contribution < -0.4 is 5.32 Å². The molecule has 1 N–H and O–H groups in total. The van der Waals surface area contributed by atoms with Crippen LogP contribution in [0, 0.1) is 0 Å². The number of anilines is 1. The number of amides is 1. The van der Waals surface area contributed by atoms with Crippen molar-refractivity contribution in [2.45, 2.75) is 12.8 Å². The van der Waals surface area contributed by atoms with Crippen molar-refractivity contribution >= 4 is 11.6 Å². The van der Waals surface area contributed by atoms with Crippen LogP contribution >= 0.6 is 0 Å². The highest BCUT2D eigenvalue weighted by atomic mass is 16.5. The molecule has 0 aliphatic rings. The molecule has 0 atom stereocenters. The molecule has 0 saturated heterocycles. The number of nitrogens with zero attached hydrogens (tertiary/aromatic N) is 4. The summed E-state index contributed by atoms with van der Waals surface area (Å²) in [5, 5.41) is 10.8. The summed E-state index contributed by atoms with van der Waals surface area (Å²) in [5.74, 6) is 0.189. The Morgan fingerprint density at radius 2 is 1.93 bits per heavy atom. The molecular weight excluding hydrogens is 354 g/mol. The first-order chi connectivity index (χ1) is 13.7. The number of nitrogens with one attached hydrogen (secondary N) is 1.